The van der Waals surface area contributed by atoms with Crippen LogP contribution in [0.5, 0.6) is 0 Å². The Hall–Kier alpha value is -0.360. The second kappa shape index (κ2) is 10.4. The average Bonchev–Trinajstić information content (AvgIpc) is 2.44. The van der Waals surface area contributed by atoms with Gasteiger partial charge in [-0.15, -0.1) is 0 Å². The fourth-order valence-corrected chi connectivity index (χ4v) is 7.72. The first-order valence-electron chi connectivity index (χ1n) is 6.87. The third kappa shape index (κ3) is 6.96. The summed E-state index contributed by atoms with van der Waals surface area (Å²) in [6.45, 7) is 9.94. The SMILES string of the molecule is CCOC(=O)C(C)=CN(C=O)P(=S)(OCC)SC(C)CC. The van der Waals surface area contributed by atoms with E-state index in [1.165, 1.54) is 22.3 Å². The van der Waals surface area contributed by atoms with Crippen molar-refractivity contribution in [2.75, 3.05) is 13.2 Å². The third-order valence-electron chi connectivity index (χ3n) is 2.49. The predicted molar refractivity (Wildman–Crippen MR) is 91.5 cm³/mol. The number of esters is 1. The average molecular weight is 353 g/mol. The molecule has 0 N–H and O–H groups in total. The molecule has 0 aromatic carbocycles. The lowest BCUT2D eigenvalue weighted by Crippen LogP contribution is -2.16. The van der Waals surface area contributed by atoms with E-state index in [-0.39, 0.29) is 11.9 Å². The lowest BCUT2D eigenvalue weighted by Gasteiger charge is -2.30. The molecule has 0 rings (SSSR count). The van der Waals surface area contributed by atoms with Crippen LogP contribution in [0, 0.1) is 0 Å². The maximum atomic E-state index is 11.7. The topological polar surface area (TPSA) is 55.8 Å². The molecule has 0 fully saturated rings. The Bertz CT molecular complexity index is 428. The molecule has 0 aliphatic rings. The van der Waals surface area contributed by atoms with E-state index < -0.39 is 11.6 Å². The van der Waals surface area contributed by atoms with Gasteiger partial charge in [0.05, 0.1) is 18.8 Å². The Kier molecular flexibility index (Phi) is 10.2. The van der Waals surface area contributed by atoms with Gasteiger partial charge in [0.15, 0.2) is 0 Å². The van der Waals surface area contributed by atoms with Crippen LogP contribution in [0.15, 0.2) is 11.8 Å². The van der Waals surface area contributed by atoms with Crippen LogP contribution in [0.3, 0.4) is 0 Å². The van der Waals surface area contributed by atoms with Gasteiger partial charge in [-0.25, -0.2) is 4.79 Å². The number of carbonyl (C=O) groups is 2. The second-order valence-corrected chi connectivity index (χ2v) is 11.2. The highest BCUT2D eigenvalue weighted by Gasteiger charge is 2.28. The molecule has 0 heterocycles. The number of hydrogen-bond donors (Lipinski definition) is 0. The molecular weight excluding hydrogens is 329 g/mol. The fraction of sp³-hybridized carbons (Fsp3) is 0.692. The Balaban J connectivity index is 5.33. The van der Waals surface area contributed by atoms with E-state index in [0.29, 0.717) is 18.6 Å². The highest BCUT2D eigenvalue weighted by molar-refractivity contribution is 8.69. The molecule has 0 bridgehead atoms. The van der Waals surface area contributed by atoms with Crippen molar-refractivity contribution in [1.82, 2.24) is 4.67 Å². The molecule has 2 unspecified atom stereocenters. The largest absolute Gasteiger partial charge is 0.463 e. The van der Waals surface area contributed by atoms with Crippen LogP contribution in [-0.2, 0) is 30.7 Å². The maximum absolute atomic E-state index is 11.7. The first-order chi connectivity index (χ1) is 9.84. The van der Waals surface area contributed by atoms with Crippen LogP contribution in [-0.4, -0.2) is 35.5 Å². The van der Waals surface area contributed by atoms with E-state index in [1.807, 2.05) is 20.8 Å². The maximum Gasteiger partial charge on any atom is 0.335 e. The lowest BCUT2D eigenvalue weighted by molar-refractivity contribution is -0.138. The summed E-state index contributed by atoms with van der Waals surface area (Å²) in [5, 5.41) is 0.265. The van der Waals surface area contributed by atoms with E-state index in [2.05, 4.69) is 0 Å². The number of nitrogens with zero attached hydrogens (tertiary/aromatic N) is 1. The molecule has 0 saturated carbocycles. The summed E-state index contributed by atoms with van der Waals surface area (Å²) in [4.78, 5) is 23.1. The Morgan fingerprint density at radius 3 is 2.43 bits per heavy atom. The number of amides is 1. The molecule has 0 radical (unpaired) electrons. The van der Waals surface area contributed by atoms with Crippen LogP contribution < -0.4 is 0 Å². The highest BCUT2D eigenvalue weighted by Crippen LogP contribution is 2.64. The summed E-state index contributed by atoms with van der Waals surface area (Å²) in [5.74, 6) is -0.462. The number of carbonyl (C=O) groups excluding carboxylic acids is 2. The van der Waals surface area contributed by atoms with E-state index in [1.54, 1.807) is 13.8 Å². The zero-order chi connectivity index (χ0) is 16.5. The van der Waals surface area contributed by atoms with Gasteiger partial charge in [-0.2, -0.15) is 0 Å². The number of ether oxygens (including phenoxy) is 1. The van der Waals surface area contributed by atoms with Gasteiger partial charge < -0.3 is 9.26 Å². The van der Waals surface area contributed by atoms with Gasteiger partial charge in [-0.05, 0) is 39.0 Å². The second-order valence-electron chi connectivity index (χ2n) is 4.23. The minimum Gasteiger partial charge on any atom is -0.463 e. The van der Waals surface area contributed by atoms with Crippen molar-refractivity contribution in [2.45, 2.75) is 46.3 Å². The molecule has 0 saturated heterocycles. The molecule has 0 aliphatic carbocycles. The molecule has 8 heteroatoms. The van der Waals surface area contributed by atoms with Gasteiger partial charge in [-0.3, -0.25) is 9.46 Å². The molecule has 122 valence electrons. The molecule has 21 heavy (non-hydrogen) atoms. The third-order valence-corrected chi connectivity index (χ3v) is 9.23. The molecule has 0 aromatic rings. The molecule has 0 spiro atoms. The van der Waals surface area contributed by atoms with Crippen molar-refractivity contribution >= 4 is 41.2 Å². The van der Waals surface area contributed by atoms with Crippen molar-refractivity contribution in [3.63, 3.8) is 0 Å². The van der Waals surface area contributed by atoms with Gasteiger partial charge in [0, 0.05) is 11.4 Å². The molecule has 0 aliphatic heterocycles. The van der Waals surface area contributed by atoms with Crippen molar-refractivity contribution in [3.8, 4) is 0 Å². The number of hydrogen-bond acceptors (Lipinski definition) is 6. The van der Waals surface area contributed by atoms with E-state index >= 15 is 0 Å². The lowest BCUT2D eigenvalue weighted by atomic mass is 10.3. The summed E-state index contributed by atoms with van der Waals surface area (Å²) >= 11 is 7.06. The van der Waals surface area contributed by atoms with Crippen molar-refractivity contribution < 1.29 is 18.8 Å². The first kappa shape index (κ1) is 20.6. The predicted octanol–water partition coefficient (Wildman–Crippen LogP) is 3.70. The van der Waals surface area contributed by atoms with Gasteiger partial charge >= 0.3 is 5.97 Å². The van der Waals surface area contributed by atoms with Crippen LogP contribution in [0.4, 0.5) is 0 Å². The Morgan fingerprint density at radius 1 is 1.38 bits per heavy atom. The fourth-order valence-electron chi connectivity index (χ4n) is 1.27. The summed E-state index contributed by atoms with van der Waals surface area (Å²) in [6, 6.07) is 0. The summed E-state index contributed by atoms with van der Waals surface area (Å²) in [7, 11) is 0. The monoisotopic (exact) mass is 353 g/mol. The Labute approximate surface area is 136 Å². The van der Waals surface area contributed by atoms with Crippen LogP contribution >= 0.6 is 17.0 Å². The standard InChI is InChI=1S/C13H24NO4PS2/c1-6-12(5)21-19(20,18-8-3)14(10-15)9-11(4)13(16)17-7-2/h9-10,12H,6-8H2,1-5H3. The number of rotatable bonds is 10. The highest BCUT2D eigenvalue weighted by atomic mass is 32.9. The van der Waals surface area contributed by atoms with Gasteiger partial charge in [0.25, 0.3) is 0 Å². The van der Waals surface area contributed by atoms with Crippen LogP contribution in [0.25, 0.3) is 0 Å². The normalized spacial score (nSPS) is 16.0. The minimum absolute atomic E-state index is 0.265. The van der Waals surface area contributed by atoms with Gasteiger partial charge in [0.2, 0.25) is 12.0 Å². The van der Waals surface area contributed by atoms with Gasteiger partial charge in [-0.1, -0.05) is 25.2 Å². The molecule has 2 atom stereocenters. The minimum atomic E-state index is -2.58. The van der Waals surface area contributed by atoms with Crippen molar-refractivity contribution in [3.05, 3.63) is 11.8 Å². The zero-order valence-electron chi connectivity index (χ0n) is 13.2. The van der Waals surface area contributed by atoms with Crippen molar-refractivity contribution in [2.24, 2.45) is 0 Å². The van der Waals surface area contributed by atoms with Crippen LogP contribution in [0.1, 0.15) is 41.0 Å². The Morgan fingerprint density at radius 2 is 2.00 bits per heavy atom. The van der Waals surface area contributed by atoms with Crippen LogP contribution in [0.2, 0.25) is 0 Å². The molecule has 0 aromatic heterocycles. The zero-order valence-corrected chi connectivity index (χ0v) is 15.7. The van der Waals surface area contributed by atoms with Gasteiger partial charge in [0.1, 0.15) is 0 Å². The van der Waals surface area contributed by atoms with E-state index in [9.17, 15) is 9.59 Å². The van der Waals surface area contributed by atoms with E-state index in [4.69, 9.17) is 21.1 Å². The molecule has 1 amide bonds. The first-order valence-corrected chi connectivity index (χ1v) is 11.0. The summed E-state index contributed by atoms with van der Waals surface area (Å²) in [6.07, 6.45) is 2.97. The molecule has 5 nitrogen and oxygen atoms in total. The molecular formula is C13H24NO4PS2. The van der Waals surface area contributed by atoms with Crippen molar-refractivity contribution in [1.29, 1.82) is 0 Å². The van der Waals surface area contributed by atoms with E-state index in [0.717, 1.165) is 6.42 Å². The summed E-state index contributed by atoms with van der Waals surface area (Å²) in [5.41, 5.74) is -2.26. The smallest absolute Gasteiger partial charge is 0.335 e. The quantitative estimate of drug-likeness (QED) is 0.258. The summed E-state index contributed by atoms with van der Waals surface area (Å²) < 4.78 is 11.9.